The highest BCUT2D eigenvalue weighted by molar-refractivity contribution is 6.31. The number of halogens is 1. The van der Waals surface area contributed by atoms with Crippen LogP contribution < -0.4 is 5.56 Å². The van der Waals surface area contributed by atoms with Gasteiger partial charge in [-0.15, -0.1) is 0 Å². The van der Waals surface area contributed by atoms with Crippen molar-refractivity contribution in [1.29, 1.82) is 0 Å². The van der Waals surface area contributed by atoms with Crippen molar-refractivity contribution in [2.45, 2.75) is 0 Å². The van der Waals surface area contributed by atoms with Crippen LogP contribution in [0.1, 0.15) is 10.4 Å². The van der Waals surface area contributed by atoms with Crippen molar-refractivity contribution in [3.05, 3.63) is 45.2 Å². The molecule has 1 heterocycles. The Labute approximate surface area is 95.8 Å². The second-order valence-electron chi connectivity index (χ2n) is 3.24. The molecule has 1 N–H and O–H groups in total. The van der Waals surface area contributed by atoms with Crippen LogP contribution in [-0.4, -0.2) is 18.1 Å². The third kappa shape index (κ3) is 1.79. The molecule has 5 heteroatoms. The van der Waals surface area contributed by atoms with E-state index in [1.807, 2.05) is 0 Å². The van der Waals surface area contributed by atoms with Gasteiger partial charge in [0.2, 0.25) is 0 Å². The molecular weight excluding hydrogens is 230 g/mol. The van der Waals surface area contributed by atoms with E-state index < -0.39 is 5.97 Å². The summed E-state index contributed by atoms with van der Waals surface area (Å²) < 4.78 is 4.60. The molecule has 0 radical (unpaired) electrons. The van der Waals surface area contributed by atoms with Crippen molar-refractivity contribution >= 4 is 28.5 Å². The quantitative estimate of drug-likeness (QED) is 0.772. The van der Waals surface area contributed by atoms with E-state index in [-0.39, 0.29) is 10.6 Å². The fraction of sp³-hybridized carbons (Fsp3) is 0.0909. The van der Waals surface area contributed by atoms with Crippen LogP contribution in [0.15, 0.2) is 29.1 Å². The zero-order chi connectivity index (χ0) is 11.7. The van der Waals surface area contributed by atoms with Gasteiger partial charge < -0.3 is 9.72 Å². The standard InChI is InChI=1S/C11H8ClNO3/c1-16-11(15)6-2-3-9-7(4-6)5-8(12)10(14)13-9/h2-5H,1H3,(H,13,14). The summed E-state index contributed by atoms with van der Waals surface area (Å²) >= 11 is 5.69. The number of nitrogens with one attached hydrogen (secondary N) is 1. The predicted molar refractivity (Wildman–Crippen MR) is 60.9 cm³/mol. The van der Waals surface area contributed by atoms with E-state index in [1.165, 1.54) is 13.2 Å². The van der Waals surface area contributed by atoms with E-state index in [0.717, 1.165) is 0 Å². The van der Waals surface area contributed by atoms with Gasteiger partial charge in [0.1, 0.15) is 5.02 Å². The number of aromatic nitrogens is 1. The molecule has 0 fully saturated rings. The van der Waals surface area contributed by atoms with Crippen molar-refractivity contribution in [2.24, 2.45) is 0 Å². The molecule has 2 aromatic rings. The van der Waals surface area contributed by atoms with E-state index in [4.69, 9.17) is 11.6 Å². The third-order valence-corrected chi connectivity index (χ3v) is 2.50. The summed E-state index contributed by atoms with van der Waals surface area (Å²) in [7, 11) is 1.31. The Balaban J connectivity index is 2.67. The highest BCUT2D eigenvalue weighted by Gasteiger charge is 2.07. The molecule has 0 amide bonds. The summed E-state index contributed by atoms with van der Waals surface area (Å²) in [6, 6.07) is 6.35. The molecule has 4 nitrogen and oxygen atoms in total. The number of carbonyl (C=O) groups is 1. The number of esters is 1. The second kappa shape index (κ2) is 3.98. The molecule has 0 aliphatic heterocycles. The maximum Gasteiger partial charge on any atom is 0.337 e. The number of H-pyrrole nitrogens is 1. The minimum absolute atomic E-state index is 0.0921. The van der Waals surface area contributed by atoms with Gasteiger partial charge in [0.15, 0.2) is 0 Å². The number of aromatic amines is 1. The average Bonchev–Trinajstić information content (AvgIpc) is 2.29. The van der Waals surface area contributed by atoms with Gasteiger partial charge >= 0.3 is 5.97 Å². The second-order valence-corrected chi connectivity index (χ2v) is 3.65. The first kappa shape index (κ1) is 10.7. The van der Waals surface area contributed by atoms with Crippen molar-refractivity contribution in [2.75, 3.05) is 7.11 Å². The van der Waals surface area contributed by atoms with Crippen LogP contribution in [0.25, 0.3) is 10.9 Å². The lowest BCUT2D eigenvalue weighted by Gasteiger charge is -2.02. The molecule has 0 saturated carbocycles. The Kier molecular flexibility index (Phi) is 2.66. The summed E-state index contributed by atoms with van der Waals surface area (Å²) in [5.41, 5.74) is 0.695. The number of fused-ring (bicyclic) bond motifs is 1. The first-order valence-electron chi connectivity index (χ1n) is 4.52. The Morgan fingerprint density at radius 3 is 2.81 bits per heavy atom. The average molecular weight is 238 g/mol. The molecule has 0 aliphatic rings. The SMILES string of the molecule is COC(=O)c1ccc2[nH]c(=O)c(Cl)cc2c1. The number of benzene rings is 1. The minimum Gasteiger partial charge on any atom is -0.465 e. The fourth-order valence-electron chi connectivity index (χ4n) is 1.42. The van der Waals surface area contributed by atoms with Crippen molar-refractivity contribution in [3.8, 4) is 0 Å². The topological polar surface area (TPSA) is 59.2 Å². The van der Waals surface area contributed by atoms with Gasteiger partial charge in [-0.05, 0) is 24.3 Å². The van der Waals surface area contributed by atoms with Gasteiger partial charge in [0.25, 0.3) is 5.56 Å². The number of hydrogen-bond acceptors (Lipinski definition) is 3. The minimum atomic E-state index is -0.427. The van der Waals surface area contributed by atoms with Crippen LogP contribution in [0, 0.1) is 0 Å². The van der Waals surface area contributed by atoms with Crippen LogP contribution in [0.3, 0.4) is 0 Å². The molecule has 1 aromatic heterocycles. The third-order valence-electron chi connectivity index (χ3n) is 2.22. The smallest absolute Gasteiger partial charge is 0.337 e. The fourth-order valence-corrected chi connectivity index (χ4v) is 1.59. The number of rotatable bonds is 1. The maximum absolute atomic E-state index is 11.3. The molecule has 0 unspecified atom stereocenters. The van der Waals surface area contributed by atoms with Crippen molar-refractivity contribution < 1.29 is 9.53 Å². The van der Waals surface area contributed by atoms with Gasteiger partial charge in [0, 0.05) is 10.9 Å². The summed E-state index contributed by atoms with van der Waals surface area (Å²) in [4.78, 5) is 25.1. The van der Waals surface area contributed by atoms with Crippen LogP contribution in [0.2, 0.25) is 5.02 Å². The highest BCUT2D eigenvalue weighted by atomic mass is 35.5. The van der Waals surface area contributed by atoms with E-state index in [2.05, 4.69) is 9.72 Å². The lowest BCUT2D eigenvalue weighted by Crippen LogP contribution is -2.06. The van der Waals surface area contributed by atoms with Gasteiger partial charge in [-0.1, -0.05) is 11.6 Å². The van der Waals surface area contributed by atoms with Gasteiger partial charge in [-0.3, -0.25) is 4.79 Å². The molecule has 0 spiro atoms. The lowest BCUT2D eigenvalue weighted by atomic mass is 10.1. The Bertz CT molecular complexity index is 618. The van der Waals surface area contributed by atoms with Crippen LogP contribution in [0.4, 0.5) is 0 Å². The normalized spacial score (nSPS) is 10.4. The van der Waals surface area contributed by atoms with E-state index in [1.54, 1.807) is 18.2 Å². The number of methoxy groups -OCH3 is 1. The Morgan fingerprint density at radius 1 is 1.38 bits per heavy atom. The van der Waals surface area contributed by atoms with Crippen molar-refractivity contribution in [3.63, 3.8) is 0 Å². The highest BCUT2D eigenvalue weighted by Crippen LogP contribution is 2.16. The van der Waals surface area contributed by atoms with Crippen molar-refractivity contribution in [1.82, 2.24) is 4.98 Å². The first-order valence-corrected chi connectivity index (χ1v) is 4.90. The summed E-state index contributed by atoms with van der Waals surface area (Å²) in [5, 5.41) is 0.780. The molecule has 2 rings (SSSR count). The van der Waals surface area contributed by atoms with Gasteiger partial charge in [-0.25, -0.2) is 4.79 Å². The maximum atomic E-state index is 11.3. The van der Waals surface area contributed by atoms with Crippen LogP contribution in [-0.2, 0) is 4.74 Å². The molecule has 82 valence electrons. The van der Waals surface area contributed by atoms with Crippen LogP contribution >= 0.6 is 11.6 Å². The zero-order valence-corrected chi connectivity index (χ0v) is 9.17. The molecule has 0 atom stereocenters. The number of carbonyl (C=O) groups excluding carboxylic acids is 1. The Morgan fingerprint density at radius 2 is 2.12 bits per heavy atom. The van der Waals surface area contributed by atoms with E-state index in [9.17, 15) is 9.59 Å². The number of hydrogen-bond donors (Lipinski definition) is 1. The molecule has 1 aromatic carbocycles. The molecular formula is C11H8ClNO3. The number of pyridine rings is 1. The molecule has 16 heavy (non-hydrogen) atoms. The lowest BCUT2D eigenvalue weighted by molar-refractivity contribution is 0.0601. The predicted octanol–water partition coefficient (Wildman–Crippen LogP) is 1.97. The van der Waals surface area contributed by atoms with Crippen LogP contribution in [0.5, 0.6) is 0 Å². The number of ether oxygens (including phenoxy) is 1. The molecule has 0 bridgehead atoms. The summed E-state index contributed by atoms with van der Waals surface area (Å²) in [6.07, 6.45) is 0. The zero-order valence-electron chi connectivity index (χ0n) is 8.41. The monoisotopic (exact) mass is 237 g/mol. The van der Waals surface area contributed by atoms with E-state index in [0.29, 0.717) is 16.5 Å². The Hall–Kier alpha value is -1.81. The first-order chi connectivity index (χ1) is 7.61. The molecule has 0 saturated heterocycles. The largest absolute Gasteiger partial charge is 0.465 e. The molecule has 0 aliphatic carbocycles. The van der Waals surface area contributed by atoms with Gasteiger partial charge in [0.05, 0.1) is 12.7 Å². The van der Waals surface area contributed by atoms with E-state index >= 15 is 0 Å². The summed E-state index contributed by atoms with van der Waals surface area (Å²) in [5.74, 6) is -0.427. The summed E-state index contributed by atoms with van der Waals surface area (Å²) in [6.45, 7) is 0. The van der Waals surface area contributed by atoms with Gasteiger partial charge in [-0.2, -0.15) is 0 Å².